The van der Waals surface area contributed by atoms with Crippen molar-refractivity contribution in [1.29, 1.82) is 5.26 Å². The number of nitriles is 1. The third-order valence-electron chi connectivity index (χ3n) is 3.95. The van der Waals surface area contributed by atoms with E-state index in [0.717, 1.165) is 31.0 Å². The zero-order chi connectivity index (χ0) is 17.9. The van der Waals surface area contributed by atoms with Crippen LogP contribution in [0.15, 0.2) is 29.3 Å². The van der Waals surface area contributed by atoms with Crippen molar-refractivity contribution < 1.29 is 0 Å². The van der Waals surface area contributed by atoms with Crippen molar-refractivity contribution in [1.82, 2.24) is 15.5 Å². The summed E-state index contributed by atoms with van der Waals surface area (Å²) >= 11 is 0. The lowest BCUT2D eigenvalue weighted by Gasteiger charge is -2.30. The van der Waals surface area contributed by atoms with Gasteiger partial charge in [0.15, 0.2) is 5.96 Å². The van der Waals surface area contributed by atoms with E-state index in [4.69, 9.17) is 5.26 Å². The van der Waals surface area contributed by atoms with Crippen LogP contribution >= 0.6 is 0 Å². The quantitative estimate of drug-likeness (QED) is 0.437. The van der Waals surface area contributed by atoms with Crippen LogP contribution in [0.5, 0.6) is 0 Å². The van der Waals surface area contributed by atoms with Gasteiger partial charge in [-0.25, -0.2) is 0 Å². The van der Waals surface area contributed by atoms with Gasteiger partial charge in [0.25, 0.3) is 0 Å². The summed E-state index contributed by atoms with van der Waals surface area (Å²) in [7, 11) is 1.77. The van der Waals surface area contributed by atoms with E-state index in [1.807, 2.05) is 24.3 Å². The fraction of sp³-hybridized carbons (Fsp3) is 0.579. The van der Waals surface area contributed by atoms with Crippen LogP contribution in [-0.4, -0.2) is 43.1 Å². The van der Waals surface area contributed by atoms with Gasteiger partial charge < -0.3 is 10.6 Å². The number of guanidine groups is 1. The number of nitrogens with zero attached hydrogens (tertiary/aromatic N) is 3. The molecule has 1 aromatic rings. The van der Waals surface area contributed by atoms with Crippen LogP contribution in [0.4, 0.5) is 0 Å². The van der Waals surface area contributed by atoms with Gasteiger partial charge in [0.1, 0.15) is 0 Å². The Kier molecular flexibility index (Phi) is 8.88. The van der Waals surface area contributed by atoms with E-state index in [2.05, 4.69) is 54.3 Å². The molecule has 0 aliphatic rings. The topological polar surface area (TPSA) is 63.5 Å². The summed E-state index contributed by atoms with van der Waals surface area (Å²) < 4.78 is 0. The molecular formula is C19H31N5. The molecule has 0 aliphatic heterocycles. The fourth-order valence-corrected chi connectivity index (χ4v) is 2.74. The number of hydrogen-bond donors (Lipinski definition) is 2. The van der Waals surface area contributed by atoms with Crippen molar-refractivity contribution in [3.05, 3.63) is 35.4 Å². The Hall–Kier alpha value is -2.06. The van der Waals surface area contributed by atoms with E-state index >= 15 is 0 Å². The molecule has 0 spiro atoms. The van der Waals surface area contributed by atoms with E-state index in [1.165, 1.54) is 0 Å². The second kappa shape index (κ2) is 10.7. The highest BCUT2D eigenvalue weighted by molar-refractivity contribution is 5.79. The molecule has 0 bridgehead atoms. The molecule has 132 valence electrons. The fourth-order valence-electron chi connectivity index (χ4n) is 2.74. The highest BCUT2D eigenvalue weighted by Gasteiger charge is 2.12. The lowest BCUT2D eigenvalue weighted by molar-refractivity contribution is 0.173. The van der Waals surface area contributed by atoms with Crippen LogP contribution in [0.25, 0.3) is 0 Å². The van der Waals surface area contributed by atoms with E-state index in [1.54, 1.807) is 7.05 Å². The molecule has 1 aromatic carbocycles. The first-order valence-corrected chi connectivity index (χ1v) is 8.67. The first kappa shape index (κ1) is 20.0. The first-order chi connectivity index (χ1) is 11.5. The van der Waals surface area contributed by atoms with Gasteiger partial charge >= 0.3 is 0 Å². The Bertz CT molecular complexity index is 549. The smallest absolute Gasteiger partial charge is 0.191 e. The molecule has 0 unspecified atom stereocenters. The molecule has 0 saturated heterocycles. The Morgan fingerprint density at radius 3 is 2.50 bits per heavy atom. The zero-order valence-electron chi connectivity index (χ0n) is 15.6. The normalized spacial score (nSPS) is 11.9. The van der Waals surface area contributed by atoms with Crippen LogP contribution in [0.2, 0.25) is 0 Å². The lowest BCUT2D eigenvalue weighted by Crippen LogP contribution is -2.41. The average molecular weight is 329 g/mol. The molecule has 0 radical (unpaired) electrons. The van der Waals surface area contributed by atoms with Gasteiger partial charge in [0, 0.05) is 38.8 Å². The van der Waals surface area contributed by atoms with Crippen LogP contribution in [0.3, 0.4) is 0 Å². The van der Waals surface area contributed by atoms with Crippen molar-refractivity contribution in [2.24, 2.45) is 4.99 Å². The van der Waals surface area contributed by atoms with Crippen LogP contribution in [-0.2, 0) is 6.54 Å². The molecule has 0 heterocycles. The molecule has 0 atom stereocenters. The van der Waals surface area contributed by atoms with E-state index in [9.17, 15) is 0 Å². The Morgan fingerprint density at radius 2 is 1.92 bits per heavy atom. The SMILES string of the molecule is CN=C(NCCCN(C(C)C)C(C)C)NCc1cccc(C#N)c1. The first-order valence-electron chi connectivity index (χ1n) is 8.67. The lowest BCUT2D eigenvalue weighted by atomic mass is 10.1. The minimum absolute atomic E-state index is 0.565. The van der Waals surface area contributed by atoms with Crippen LogP contribution in [0.1, 0.15) is 45.2 Å². The van der Waals surface area contributed by atoms with E-state index in [-0.39, 0.29) is 0 Å². The second-order valence-corrected chi connectivity index (χ2v) is 6.44. The third kappa shape index (κ3) is 7.01. The molecule has 0 aliphatic carbocycles. The number of aliphatic imine (C=N–C) groups is 1. The molecule has 24 heavy (non-hydrogen) atoms. The zero-order valence-corrected chi connectivity index (χ0v) is 15.6. The summed E-state index contributed by atoms with van der Waals surface area (Å²) in [6.45, 7) is 11.6. The third-order valence-corrected chi connectivity index (χ3v) is 3.95. The standard InChI is InChI=1S/C19H31N5/c1-15(2)24(16(3)4)11-7-10-22-19(21-5)23-14-18-9-6-8-17(12-18)13-20/h6,8-9,12,15-16H,7,10-11,14H2,1-5H3,(H2,21,22,23). The monoisotopic (exact) mass is 329 g/mol. The molecule has 0 fully saturated rings. The molecule has 0 amide bonds. The van der Waals surface area contributed by atoms with Gasteiger partial charge in [-0.05, 0) is 51.8 Å². The van der Waals surface area contributed by atoms with Crippen molar-refractivity contribution >= 4 is 5.96 Å². The highest BCUT2D eigenvalue weighted by Crippen LogP contribution is 2.05. The maximum atomic E-state index is 8.94. The number of nitrogens with one attached hydrogen (secondary N) is 2. The summed E-state index contributed by atoms with van der Waals surface area (Å²) in [4.78, 5) is 6.74. The molecular weight excluding hydrogens is 298 g/mol. The number of hydrogen-bond acceptors (Lipinski definition) is 3. The summed E-state index contributed by atoms with van der Waals surface area (Å²) in [6.07, 6.45) is 1.07. The largest absolute Gasteiger partial charge is 0.356 e. The van der Waals surface area contributed by atoms with Gasteiger partial charge in [-0.3, -0.25) is 9.89 Å². The van der Waals surface area contributed by atoms with Gasteiger partial charge in [-0.15, -0.1) is 0 Å². The van der Waals surface area contributed by atoms with Gasteiger partial charge in [-0.2, -0.15) is 5.26 Å². The van der Waals surface area contributed by atoms with Crippen molar-refractivity contribution in [2.75, 3.05) is 20.1 Å². The summed E-state index contributed by atoms with van der Waals surface area (Å²) in [6, 6.07) is 10.9. The predicted molar refractivity (Wildman–Crippen MR) is 101 cm³/mol. The molecule has 2 N–H and O–H groups in total. The van der Waals surface area contributed by atoms with Gasteiger partial charge in [-0.1, -0.05) is 12.1 Å². The summed E-state index contributed by atoms with van der Waals surface area (Å²) in [5, 5.41) is 15.6. The maximum Gasteiger partial charge on any atom is 0.191 e. The minimum Gasteiger partial charge on any atom is -0.356 e. The van der Waals surface area contributed by atoms with E-state index in [0.29, 0.717) is 24.2 Å². The molecule has 0 saturated carbocycles. The second-order valence-electron chi connectivity index (χ2n) is 6.44. The van der Waals surface area contributed by atoms with Gasteiger partial charge in [0.2, 0.25) is 0 Å². The van der Waals surface area contributed by atoms with Crippen molar-refractivity contribution in [3.63, 3.8) is 0 Å². The average Bonchev–Trinajstić information content (AvgIpc) is 2.56. The van der Waals surface area contributed by atoms with Crippen molar-refractivity contribution in [3.8, 4) is 6.07 Å². The van der Waals surface area contributed by atoms with Crippen LogP contribution in [0, 0.1) is 11.3 Å². The summed E-state index contributed by atoms with van der Waals surface area (Å²) in [5.41, 5.74) is 1.75. The number of rotatable bonds is 8. The molecule has 0 aromatic heterocycles. The Balaban J connectivity index is 2.36. The van der Waals surface area contributed by atoms with Crippen molar-refractivity contribution in [2.45, 2.75) is 52.7 Å². The summed E-state index contributed by atoms with van der Waals surface area (Å²) in [5.74, 6) is 0.790. The maximum absolute atomic E-state index is 8.94. The van der Waals surface area contributed by atoms with E-state index < -0.39 is 0 Å². The van der Waals surface area contributed by atoms with Crippen LogP contribution < -0.4 is 10.6 Å². The Morgan fingerprint density at radius 1 is 1.21 bits per heavy atom. The van der Waals surface area contributed by atoms with Gasteiger partial charge in [0.05, 0.1) is 11.6 Å². The minimum atomic E-state index is 0.565. The molecule has 5 heteroatoms. The predicted octanol–water partition coefficient (Wildman–Crippen LogP) is 2.73. The molecule has 1 rings (SSSR count). The number of benzene rings is 1. The highest BCUT2D eigenvalue weighted by atomic mass is 15.2. The Labute approximate surface area is 146 Å². The molecule has 5 nitrogen and oxygen atoms in total.